The number of aryl methyl sites for hydroxylation is 1. The van der Waals surface area contributed by atoms with E-state index in [4.69, 9.17) is 0 Å². The first-order valence-corrected chi connectivity index (χ1v) is 8.51. The zero-order valence-electron chi connectivity index (χ0n) is 14.6. The van der Waals surface area contributed by atoms with Gasteiger partial charge in [-0.25, -0.2) is 4.39 Å². The molecule has 0 unspecified atom stereocenters. The molecule has 1 fully saturated rings. The third kappa shape index (κ3) is 4.20. The lowest BCUT2D eigenvalue weighted by molar-refractivity contribution is -0.145. The van der Waals surface area contributed by atoms with Crippen molar-refractivity contribution < 1.29 is 19.1 Å². The lowest BCUT2D eigenvalue weighted by atomic mass is 10.1. The smallest absolute Gasteiger partial charge is 0.242 e. The highest BCUT2D eigenvalue weighted by Crippen LogP contribution is 2.17. The number of aromatic hydroxyl groups is 1. The van der Waals surface area contributed by atoms with Gasteiger partial charge >= 0.3 is 0 Å². The summed E-state index contributed by atoms with van der Waals surface area (Å²) in [4.78, 5) is 28.0. The fourth-order valence-corrected chi connectivity index (χ4v) is 2.95. The molecule has 0 spiro atoms. The molecule has 0 saturated carbocycles. The van der Waals surface area contributed by atoms with Crippen molar-refractivity contribution in [2.75, 3.05) is 19.6 Å². The molecule has 0 radical (unpaired) electrons. The van der Waals surface area contributed by atoms with Gasteiger partial charge in [0, 0.05) is 19.6 Å². The minimum absolute atomic E-state index is 0.00242. The van der Waals surface area contributed by atoms with Crippen LogP contribution in [0.4, 0.5) is 4.39 Å². The third-order valence-corrected chi connectivity index (χ3v) is 4.53. The number of halogens is 1. The SMILES string of the molecule is Cc1ccc(CN2CCN(C(=O)Cc3ccc(O)c(F)c3)CC2=O)cc1. The maximum atomic E-state index is 13.4. The summed E-state index contributed by atoms with van der Waals surface area (Å²) in [6.07, 6.45) is 0.00242. The fourth-order valence-electron chi connectivity index (χ4n) is 2.95. The predicted molar refractivity (Wildman–Crippen MR) is 94.9 cm³/mol. The predicted octanol–water partition coefficient (Wildman–Crippen LogP) is 2.25. The van der Waals surface area contributed by atoms with E-state index >= 15 is 0 Å². The van der Waals surface area contributed by atoms with Gasteiger partial charge in [0.05, 0.1) is 13.0 Å². The van der Waals surface area contributed by atoms with Crippen LogP contribution >= 0.6 is 0 Å². The first kappa shape index (κ1) is 17.9. The normalized spacial score (nSPS) is 14.6. The molecule has 3 rings (SSSR count). The number of hydrogen-bond acceptors (Lipinski definition) is 3. The van der Waals surface area contributed by atoms with E-state index in [9.17, 15) is 19.1 Å². The van der Waals surface area contributed by atoms with E-state index in [2.05, 4.69) is 0 Å². The molecule has 136 valence electrons. The average molecular weight is 356 g/mol. The molecular weight excluding hydrogens is 335 g/mol. The van der Waals surface area contributed by atoms with E-state index < -0.39 is 11.6 Å². The minimum atomic E-state index is -0.755. The minimum Gasteiger partial charge on any atom is -0.505 e. The molecule has 2 amide bonds. The maximum absolute atomic E-state index is 13.4. The van der Waals surface area contributed by atoms with Crippen molar-refractivity contribution in [3.05, 3.63) is 65.0 Å². The van der Waals surface area contributed by atoms with E-state index in [1.54, 1.807) is 4.90 Å². The van der Waals surface area contributed by atoms with Crippen LogP contribution in [0.2, 0.25) is 0 Å². The number of nitrogens with zero attached hydrogens (tertiary/aromatic N) is 2. The number of hydrogen-bond donors (Lipinski definition) is 1. The second-order valence-corrected chi connectivity index (χ2v) is 6.58. The molecule has 2 aromatic carbocycles. The molecule has 0 atom stereocenters. The van der Waals surface area contributed by atoms with Gasteiger partial charge in [-0.15, -0.1) is 0 Å². The van der Waals surface area contributed by atoms with Crippen molar-refractivity contribution >= 4 is 11.8 Å². The zero-order valence-corrected chi connectivity index (χ0v) is 14.6. The van der Waals surface area contributed by atoms with Gasteiger partial charge in [0.2, 0.25) is 11.8 Å². The largest absolute Gasteiger partial charge is 0.505 e. The first-order chi connectivity index (χ1) is 12.4. The summed E-state index contributed by atoms with van der Waals surface area (Å²) in [5.41, 5.74) is 2.70. The van der Waals surface area contributed by atoms with Crippen LogP contribution in [0.25, 0.3) is 0 Å². The molecule has 6 heteroatoms. The summed E-state index contributed by atoms with van der Waals surface area (Å²) in [5.74, 6) is -1.52. The Hall–Kier alpha value is -2.89. The van der Waals surface area contributed by atoms with E-state index in [0.29, 0.717) is 25.2 Å². The number of benzene rings is 2. The van der Waals surface area contributed by atoms with Crippen LogP contribution in [0.1, 0.15) is 16.7 Å². The van der Waals surface area contributed by atoms with Crippen LogP contribution in [-0.2, 0) is 22.6 Å². The third-order valence-electron chi connectivity index (χ3n) is 4.53. The van der Waals surface area contributed by atoms with Gasteiger partial charge in [-0.3, -0.25) is 9.59 Å². The summed E-state index contributed by atoms with van der Waals surface area (Å²) in [7, 11) is 0. The van der Waals surface area contributed by atoms with Gasteiger partial charge in [0.15, 0.2) is 11.6 Å². The van der Waals surface area contributed by atoms with Crippen LogP contribution < -0.4 is 0 Å². The topological polar surface area (TPSA) is 60.9 Å². The number of carbonyl (C=O) groups is 2. The van der Waals surface area contributed by atoms with Crippen molar-refractivity contribution in [2.24, 2.45) is 0 Å². The molecule has 1 aliphatic rings. The van der Waals surface area contributed by atoms with Crippen LogP contribution in [0.15, 0.2) is 42.5 Å². The average Bonchev–Trinajstić information content (AvgIpc) is 2.61. The Bertz CT molecular complexity index is 820. The highest BCUT2D eigenvalue weighted by molar-refractivity contribution is 5.87. The highest BCUT2D eigenvalue weighted by Gasteiger charge is 2.27. The molecule has 1 heterocycles. The second-order valence-electron chi connectivity index (χ2n) is 6.58. The highest BCUT2D eigenvalue weighted by atomic mass is 19.1. The Morgan fingerprint density at radius 1 is 1.12 bits per heavy atom. The quantitative estimate of drug-likeness (QED) is 0.914. The Balaban J connectivity index is 1.57. The molecule has 2 aromatic rings. The van der Waals surface area contributed by atoms with E-state index in [-0.39, 0.29) is 24.8 Å². The molecule has 26 heavy (non-hydrogen) atoms. The number of piperazine rings is 1. The molecule has 1 saturated heterocycles. The van der Waals surface area contributed by atoms with Crippen molar-refractivity contribution in [3.8, 4) is 5.75 Å². The summed E-state index contributed by atoms with van der Waals surface area (Å²) in [6, 6.07) is 11.9. The maximum Gasteiger partial charge on any atom is 0.242 e. The standard InChI is InChI=1S/C20H21FN2O3/c1-14-2-4-15(5-3-14)12-22-8-9-23(13-20(22)26)19(25)11-16-6-7-18(24)17(21)10-16/h2-7,10,24H,8-9,11-13H2,1H3. The fraction of sp³-hybridized carbons (Fsp3) is 0.300. The number of rotatable bonds is 4. The van der Waals surface area contributed by atoms with Crippen molar-refractivity contribution in [3.63, 3.8) is 0 Å². The molecule has 0 bridgehead atoms. The second kappa shape index (κ2) is 7.56. The first-order valence-electron chi connectivity index (χ1n) is 8.51. The van der Waals surface area contributed by atoms with E-state index in [1.165, 1.54) is 22.6 Å². The van der Waals surface area contributed by atoms with Gasteiger partial charge in [0.25, 0.3) is 0 Å². The van der Waals surface area contributed by atoms with Crippen LogP contribution in [0, 0.1) is 12.7 Å². The molecule has 5 nitrogen and oxygen atoms in total. The zero-order chi connectivity index (χ0) is 18.7. The van der Waals surface area contributed by atoms with Crippen LogP contribution in [0.3, 0.4) is 0 Å². The Kier molecular flexibility index (Phi) is 5.21. The Morgan fingerprint density at radius 2 is 1.81 bits per heavy atom. The lowest BCUT2D eigenvalue weighted by Crippen LogP contribution is -2.52. The molecular formula is C20H21FN2O3. The van der Waals surface area contributed by atoms with Gasteiger partial charge < -0.3 is 14.9 Å². The Morgan fingerprint density at radius 3 is 2.46 bits per heavy atom. The molecule has 0 aromatic heterocycles. The number of amides is 2. The van der Waals surface area contributed by atoms with Crippen LogP contribution in [-0.4, -0.2) is 46.4 Å². The number of phenols is 1. The summed E-state index contributed by atoms with van der Waals surface area (Å²) >= 11 is 0. The molecule has 1 N–H and O–H groups in total. The summed E-state index contributed by atoms with van der Waals surface area (Å²) in [6.45, 7) is 3.51. The van der Waals surface area contributed by atoms with Crippen molar-refractivity contribution in [2.45, 2.75) is 19.9 Å². The number of carbonyl (C=O) groups excluding carboxylic acids is 2. The summed E-state index contributed by atoms with van der Waals surface area (Å²) < 4.78 is 13.4. The summed E-state index contributed by atoms with van der Waals surface area (Å²) in [5, 5.41) is 9.21. The van der Waals surface area contributed by atoms with E-state index in [1.807, 2.05) is 31.2 Å². The molecule has 0 aliphatic carbocycles. The van der Waals surface area contributed by atoms with Gasteiger partial charge in [-0.05, 0) is 30.2 Å². The lowest BCUT2D eigenvalue weighted by Gasteiger charge is -2.34. The van der Waals surface area contributed by atoms with Gasteiger partial charge in [0.1, 0.15) is 0 Å². The monoisotopic (exact) mass is 356 g/mol. The number of phenolic OH excluding ortho intramolecular Hbond substituents is 1. The van der Waals surface area contributed by atoms with Gasteiger partial charge in [-0.1, -0.05) is 35.9 Å². The van der Waals surface area contributed by atoms with E-state index in [0.717, 1.165) is 11.6 Å². The van der Waals surface area contributed by atoms with Crippen molar-refractivity contribution in [1.29, 1.82) is 0 Å². The Labute approximate surface area is 151 Å². The molecule has 1 aliphatic heterocycles. The van der Waals surface area contributed by atoms with Gasteiger partial charge in [-0.2, -0.15) is 0 Å². The van der Waals surface area contributed by atoms with Crippen molar-refractivity contribution in [1.82, 2.24) is 9.80 Å². The van der Waals surface area contributed by atoms with Crippen LogP contribution in [0.5, 0.6) is 5.75 Å².